The van der Waals surface area contributed by atoms with Crippen LogP contribution in [0.3, 0.4) is 0 Å². The number of rotatable bonds is 8. The summed E-state index contributed by atoms with van der Waals surface area (Å²) in [6, 6.07) is 6.90. The lowest BCUT2D eigenvalue weighted by Gasteiger charge is -2.25. The van der Waals surface area contributed by atoms with E-state index in [4.69, 9.17) is 24.0 Å². The predicted octanol–water partition coefficient (Wildman–Crippen LogP) is 4.82. The van der Waals surface area contributed by atoms with Gasteiger partial charge in [-0.05, 0) is 48.9 Å². The molecule has 1 aromatic carbocycles. The van der Waals surface area contributed by atoms with Gasteiger partial charge in [0.15, 0.2) is 5.75 Å². The van der Waals surface area contributed by atoms with Crippen molar-refractivity contribution in [3.05, 3.63) is 59.8 Å². The fraction of sp³-hybridized carbons (Fsp3) is 0.464. The summed E-state index contributed by atoms with van der Waals surface area (Å²) in [6.07, 6.45) is 12.9. The first-order valence-corrected chi connectivity index (χ1v) is 13.2. The van der Waals surface area contributed by atoms with Crippen LogP contribution >= 0.6 is 0 Å². The maximum Gasteiger partial charge on any atom is 0.168 e. The van der Waals surface area contributed by atoms with Crippen LogP contribution in [0.15, 0.2) is 43.0 Å². The molecule has 0 amide bonds. The van der Waals surface area contributed by atoms with Crippen LogP contribution in [-0.4, -0.2) is 58.1 Å². The molecule has 4 aromatic rings. The maximum absolute atomic E-state index is 6.64. The molecule has 192 valence electrons. The van der Waals surface area contributed by atoms with Crippen molar-refractivity contribution in [3.63, 3.8) is 0 Å². The van der Waals surface area contributed by atoms with Crippen molar-refractivity contribution < 1.29 is 18.9 Å². The Balaban J connectivity index is 1.23. The Bertz CT molecular complexity index is 1420. The summed E-state index contributed by atoms with van der Waals surface area (Å²) >= 11 is 0. The fourth-order valence-corrected chi connectivity index (χ4v) is 5.24. The quantitative estimate of drug-likeness (QED) is 0.342. The zero-order valence-electron chi connectivity index (χ0n) is 21.0. The molecule has 0 unspecified atom stereocenters. The summed E-state index contributed by atoms with van der Waals surface area (Å²) in [5, 5.41) is 10.5. The third-order valence-electron chi connectivity index (χ3n) is 7.62. The van der Waals surface area contributed by atoms with E-state index >= 15 is 0 Å². The molecule has 1 saturated carbocycles. The molecule has 0 radical (unpaired) electrons. The van der Waals surface area contributed by atoms with Gasteiger partial charge in [0.05, 0.1) is 50.3 Å². The van der Waals surface area contributed by atoms with Gasteiger partial charge in [0.25, 0.3) is 0 Å². The number of benzene rings is 1. The molecule has 0 N–H and O–H groups in total. The summed E-state index contributed by atoms with van der Waals surface area (Å²) in [6.45, 7) is 2.98. The average molecular weight is 502 g/mol. The Labute approximate surface area is 215 Å². The van der Waals surface area contributed by atoms with E-state index in [0.29, 0.717) is 24.4 Å². The van der Waals surface area contributed by atoms with Crippen LogP contribution in [0.5, 0.6) is 17.2 Å². The van der Waals surface area contributed by atoms with Crippen molar-refractivity contribution in [1.82, 2.24) is 24.5 Å². The number of nitrogens with zero attached hydrogens (tertiary/aromatic N) is 5. The number of methoxy groups -OCH3 is 1. The topological polar surface area (TPSA) is 85.5 Å². The van der Waals surface area contributed by atoms with Gasteiger partial charge in [-0.2, -0.15) is 10.2 Å². The van der Waals surface area contributed by atoms with Gasteiger partial charge < -0.3 is 18.9 Å². The van der Waals surface area contributed by atoms with Crippen molar-refractivity contribution in [2.75, 3.05) is 33.5 Å². The molecule has 3 fully saturated rings. The Morgan fingerprint density at radius 2 is 1.81 bits per heavy atom. The van der Waals surface area contributed by atoms with E-state index in [1.807, 2.05) is 23.0 Å². The summed E-state index contributed by atoms with van der Waals surface area (Å²) in [5.74, 6) is 2.78. The molecule has 3 aliphatic rings. The molecule has 3 aromatic heterocycles. The number of aromatic nitrogens is 5. The third kappa shape index (κ3) is 4.46. The molecule has 2 aliphatic heterocycles. The SMILES string of the molecule is COc1cc2nccc(Oc3cn(C4CC4)nc3C3CCOCC3)c2cc1Cc1cnn(C2COC2)c1. The van der Waals surface area contributed by atoms with Crippen molar-refractivity contribution in [2.24, 2.45) is 0 Å². The molecule has 0 bridgehead atoms. The minimum absolute atomic E-state index is 0.331. The first-order valence-electron chi connectivity index (χ1n) is 13.2. The highest BCUT2D eigenvalue weighted by molar-refractivity contribution is 5.87. The second kappa shape index (κ2) is 9.46. The lowest BCUT2D eigenvalue weighted by atomic mass is 9.96. The number of ether oxygens (including phenoxy) is 4. The van der Waals surface area contributed by atoms with Crippen LogP contribution in [0.4, 0.5) is 0 Å². The molecule has 1 aliphatic carbocycles. The summed E-state index contributed by atoms with van der Waals surface area (Å²) in [5.41, 5.74) is 4.07. The largest absolute Gasteiger partial charge is 0.496 e. The molecule has 0 spiro atoms. The first-order chi connectivity index (χ1) is 18.2. The number of pyridine rings is 1. The van der Waals surface area contributed by atoms with Crippen LogP contribution in [0.25, 0.3) is 10.9 Å². The van der Waals surface area contributed by atoms with E-state index in [1.54, 1.807) is 13.3 Å². The van der Waals surface area contributed by atoms with E-state index in [0.717, 1.165) is 84.2 Å². The van der Waals surface area contributed by atoms with Crippen LogP contribution in [0, 0.1) is 0 Å². The van der Waals surface area contributed by atoms with Crippen molar-refractivity contribution in [1.29, 1.82) is 0 Å². The number of fused-ring (bicyclic) bond motifs is 1. The molecule has 0 atom stereocenters. The Kier molecular flexibility index (Phi) is 5.82. The zero-order valence-corrected chi connectivity index (χ0v) is 21.0. The fourth-order valence-electron chi connectivity index (χ4n) is 5.24. The zero-order chi connectivity index (χ0) is 24.8. The van der Waals surface area contributed by atoms with E-state index in [9.17, 15) is 0 Å². The summed E-state index contributed by atoms with van der Waals surface area (Å²) < 4.78 is 27.4. The molecular weight excluding hydrogens is 470 g/mol. The Morgan fingerprint density at radius 1 is 0.946 bits per heavy atom. The van der Waals surface area contributed by atoms with Gasteiger partial charge in [0.1, 0.15) is 17.2 Å². The first kappa shape index (κ1) is 22.7. The van der Waals surface area contributed by atoms with E-state index in [-0.39, 0.29) is 0 Å². The van der Waals surface area contributed by atoms with Gasteiger partial charge in [-0.25, -0.2) is 0 Å². The summed E-state index contributed by atoms with van der Waals surface area (Å²) in [4.78, 5) is 4.61. The minimum Gasteiger partial charge on any atom is -0.496 e. The van der Waals surface area contributed by atoms with Crippen LogP contribution in [0.2, 0.25) is 0 Å². The molecule has 37 heavy (non-hydrogen) atoms. The molecular formula is C28H31N5O4. The van der Waals surface area contributed by atoms with Gasteiger partial charge in [-0.3, -0.25) is 14.3 Å². The van der Waals surface area contributed by atoms with E-state index in [1.165, 1.54) is 12.8 Å². The highest BCUT2D eigenvalue weighted by Gasteiger charge is 2.30. The van der Waals surface area contributed by atoms with Crippen LogP contribution in [-0.2, 0) is 15.9 Å². The Morgan fingerprint density at radius 3 is 2.57 bits per heavy atom. The number of hydrogen-bond acceptors (Lipinski definition) is 7. The van der Waals surface area contributed by atoms with E-state index < -0.39 is 0 Å². The second-order valence-corrected chi connectivity index (χ2v) is 10.3. The van der Waals surface area contributed by atoms with Gasteiger partial charge in [0.2, 0.25) is 0 Å². The lowest BCUT2D eigenvalue weighted by molar-refractivity contribution is -0.0286. The summed E-state index contributed by atoms with van der Waals surface area (Å²) in [7, 11) is 1.70. The highest BCUT2D eigenvalue weighted by Crippen LogP contribution is 2.42. The molecule has 9 heteroatoms. The molecule has 7 rings (SSSR count). The van der Waals surface area contributed by atoms with Gasteiger partial charge in [-0.15, -0.1) is 0 Å². The highest BCUT2D eigenvalue weighted by atomic mass is 16.5. The maximum atomic E-state index is 6.64. The van der Waals surface area contributed by atoms with Gasteiger partial charge in [-0.1, -0.05) is 0 Å². The predicted molar refractivity (Wildman–Crippen MR) is 137 cm³/mol. The van der Waals surface area contributed by atoms with Crippen molar-refractivity contribution in [2.45, 2.75) is 50.1 Å². The molecule has 5 heterocycles. The smallest absolute Gasteiger partial charge is 0.168 e. The third-order valence-corrected chi connectivity index (χ3v) is 7.62. The van der Waals surface area contributed by atoms with Crippen LogP contribution in [0.1, 0.15) is 60.5 Å². The Hall–Kier alpha value is -3.43. The normalized spacial score (nSPS) is 18.7. The van der Waals surface area contributed by atoms with E-state index in [2.05, 4.69) is 33.2 Å². The lowest BCUT2D eigenvalue weighted by Crippen LogP contribution is -2.30. The monoisotopic (exact) mass is 501 g/mol. The second-order valence-electron chi connectivity index (χ2n) is 10.3. The number of hydrogen-bond donors (Lipinski definition) is 0. The van der Waals surface area contributed by atoms with Gasteiger partial charge >= 0.3 is 0 Å². The minimum atomic E-state index is 0.331. The van der Waals surface area contributed by atoms with Crippen LogP contribution < -0.4 is 9.47 Å². The standard InChI is InChI=1S/C28H31N5O4/c1-34-26-12-24-23(11-20(26)10-18-13-30-32(14-18)22-16-36-17-22)25(4-7-29-24)37-27-15-33(21-2-3-21)31-28(27)19-5-8-35-9-6-19/h4,7,11-15,19,21-22H,2-3,5-6,8-10,16-17H2,1H3. The molecule has 2 saturated heterocycles. The van der Waals surface area contributed by atoms with Crippen molar-refractivity contribution >= 4 is 10.9 Å². The average Bonchev–Trinajstić information content (AvgIpc) is 3.51. The van der Waals surface area contributed by atoms with Gasteiger partial charge in [0, 0.05) is 49.4 Å². The van der Waals surface area contributed by atoms with Crippen molar-refractivity contribution in [3.8, 4) is 17.2 Å². The molecule has 9 nitrogen and oxygen atoms in total.